The van der Waals surface area contributed by atoms with E-state index in [0.717, 1.165) is 96.3 Å². The molecule has 0 aromatic heterocycles. The van der Waals surface area contributed by atoms with Crippen molar-refractivity contribution in [3.63, 3.8) is 0 Å². The topological polar surface area (TPSA) is 78.9 Å². The Morgan fingerprint density at radius 2 is 0.474 bits per heavy atom. The number of carbonyl (C=O) groups is 3. The van der Waals surface area contributed by atoms with Crippen molar-refractivity contribution in [2.45, 2.75) is 341 Å². The molecule has 0 aliphatic heterocycles. The molecule has 440 valence electrons. The lowest BCUT2D eigenvalue weighted by Crippen LogP contribution is -2.30. The van der Waals surface area contributed by atoms with Crippen molar-refractivity contribution in [3.05, 3.63) is 72.9 Å². The molecule has 0 aliphatic carbocycles. The number of ether oxygens (including phenoxy) is 3. The smallest absolute Gasteiger partial charge is 0.306 e. The van der Waals surface area contributed by atoms with Gasteiger partial charge in [0.05, 0.1) is 0 Å². The van der Waals surface area contributed by atoms with Crippen molar-refractivity contribution in [1.29, 1.82) is 0 Å². The molecule has 1 atom stereocenters. The zero-order valence-electron chi connectivity index (χ0n) is 50.5. The summed E-state index contributed by atoms with van der Waals surface area (Å²) in [6.45, 7) is 6.62. The highest BCUT2D eigenvalue weighted by Gasteiger charge is 2.19. The molecule has 0 rings (SSSR count). The van der Waals surface area contributed by atoms with Gasteiger partial charge in [0, 0.05) is 19.3 Å². The summed E-state index contributed by atoms with van der Waals surface area (Å²) in [5.74, 6) is -0.890. The Balaban J connectivity index is 4.40. The number of allylic oxidation sites excluding steroid dienone is 12. The van der Waals surface area contributed by atoms with E-state index in [2.05, 4.69) is 93.7 Å². The van der Waals surface area contributed by atoms with Crippen LogP contribution in [0.15, 0.2) is 72.9 Å². The number of rotatable bonds is 60. The first-order valence-electron chi connectivity index (χ1n) is 32.9. The highest BCUT2D eigenvalue weighted by molar-refractivity contribution is 5.71. The molecule has 0 bridgehead atoms. The summed E-state index contributed by atoms with van der Waals surface area (Å²) in [7, 11) is 0. The largest absolute Gasteiger partial charge is 0.462 e. The van der Waals surface area contributed by atoms with Crippen LogP contribution >= 0.6 is 0 Å². The third-order valence-electron chi connectivity index (χ3n) is 14.4. The quantitative estimate of drug-likeness (QED) is 0.0261. The number of carbonyl (C=O) groups excluding carboxylic acids is 3. The maximum absolute atomic E-state index is 12.9. The SMILES string of the molecule is CCCCC/C=C\C/C=C\C/C=C\CCCCCCCCC(=O)OC(COC(=O)CCCCCCCCC/C=C\C/C=C\CCCCCC)COC(=O)CCCCCCCCCCC/C=C\CCCCCCCCCC. The molecule has 76 heavy (non-hydrogen) atoms. The van der Waals surface area contributed by atoms with Crippen molar-refractivity contribution >= 4 is 17.9 Å². The van der Waals surface area contributed by atoms with E-state index in [0.29, 0.717) is 19.3 Å². The van der Waals surface area contributed by atoms with E-state index >= 15 is 0 Å². The fourth-order valence-electron chi connectivity index (χ4n) is 9.42. The van der Waals surface area contributed by atoms with Gasteiger partial charge < -0.3 is 14.2 Å². The van der Waals surface area contributed by atoms with E-state index in [4.69, 9.17) is 14.2 Å². The van der Waals surface area contributed by atoms with Crippen molar-refractivity contribution in [2.75, 3.05) is 13.2 Å². The van der Waals surface area contributed by atoms with Crippen LogP contribution in [0, 0.1) is 0 Å². The van der Waals surface area contributed by atoms with Crippen molar-refractivity contribution < 1.29 is 28.6 Å². The Labute approximate surface area is 472 Å². The number of hydrogen-bond donors (Lipinski definition) is 0. The molecular weight excluding hydrogens is 937 g/mol. The van der Waals surface area contributed by atoms with E-state index < -0.39 is 6.10 Å². The van der Waals surface area contributed by atoms with Gasteiger partial charge in [-0.15, -0.1) is 0 Å². The third kappa shape index (κ3) is 61.7. The van der Waals surface area contributed by atoms with Gasteiger partial charge in [0.1, 0.15) is 13.2 Å². The Morgan fingerprint density at radius 3 is 0.789 bits per heavy atom. The van der Waals surface area contributed by atoms with Crippen LogP contribution in [0.3, 0.4) is 0 Å². The summed E-state index contributed by atoms with van der Waals surface area (Å²) in [6.07, 6.45) is 83.3. The lowest BCUT2D eigenvalue weighted by Gasteiger charge is -2.18. The summed E-state index contributed by atoms with van der Waals surface area (Å²) in [5, 5.41) is 0. The summed E-state index contributed by atoms with van der Waals surface area (Å²) in [5.41, 5.74) is 0. The van der Waals surface area contributed by atoms with Crippen LogP contribution in [0.4, 0.5) is 0 Å². The molecule has 0 heterocycles. The van der Waals surface area contributed by atoms with Crippen LogP contribution in [0.5, 0.6) is 0 Å². The summed E-state index contributed by atoms with van der Waals surface area (Å²) in [4.78, 5) is 38.4. The normalized spacial score (nSPS) is 12.5. The molecule has 0 aromatic rings. The van der Waals surface area contributed by atoms with Crippen LogP contribution in [0.25, 0.3) is 0 Å². The first-order chi connectivity index (χ1) is 37.5. The van der Waals surface area contributed by atoms with Gasteiger partial charge in [0.25, 0.3) is 0 Å². The van der Waals surface area contributed by atoms with Gasteiger partial charge in [-0.2, -0.15) is 0 Å². The first kappa shape index (κ1) is 72.8. The molecule has 0 aromatic carbocycles. The fourth-order valence-corrected chi connectivity index (χ4v) is 9.42. The van der Waals surface area contributed by atoms with E-state index in [9.17, 15) is 14.4 Å². The zero-order valence-corrected chi connectivity index (χ0v) is 50.5. The van der Waals surface area contributed by atoms with E-state index in [1.807, 2.05) is 0 Å². The van der Waals surface area contributed by atoms with Gasteiger partial charge in [0.15, 0.2) is 6.10 Å². The third-order valence-corrected chi connectivity index (χ3v) is 14.4. The Bertz CT molecular complexity index is 1400. The second-order valence-corrected chi connectivity index (χ2v) is 22.0. The lowest BCUT2D eigenvalue weighted by molar-refractivity contribution is -0.167. The average molecular weight is 1060 g/mol. The van der Waals surface area contributed by atoms with Gasteiger partial charge in [-0.3, -0.25) is 14.4 Å². The molecule has 0 fully saturated rings. The molecule has 0 N–H and O–H groups in total. The van der Waals surface area contributed by atoms with Crippen LogP contribution < -0.4 is 0 Å². The van der Waals surface area contributed by atoms with Crippen LogP contribution in [-0.4, -0.2) is 37.2 Å². The number of hydrogen-bond acceptors (Lipinski definition) is 6. The predicted molar refractivity (Wildman–Crippen MR) is 330 cm³/mol. The second kappa shape index (κ2) is 64.4. The summed E-state index contributed by atoms with van der Waals surface area (Å²) in [6, 6.07) is 0. The average Bonchev–Trinajstić information content (AvgIpc) is 3.42. The minimum atomic E-state index is -0.788. The lowest BCUT2D eigenvalue weighted by atomic mass is 10.1. The molecule has 0 saturated heterocycles. The minimum Gasteiger partial charge on any atom is -0.462 e. The van der Waals surface area contributed by atoms with Gasteiger partial charge >= 0.3 is 17.9 Å². The predicted octanol–water partition coefficient (Wildman–Crippen LogP) is 22.5. The van der Waals surface area contributed by atoms with Gasteiger partial charge in [-0.1, -0.05) is 273 Å². The molecule has 6 nitrogen and oxygen atoms in total. The highest BCUT2D eigenvalue weighted by atomic mass is 16.6. The van der Waals surface area contributed by atoms with E-state index in [1.165, 1.54) is 199 Å². The maximum Gasteiger partial charge on any atom is 0.306 e. The molecule has 1 unspecified atom stereocenters. The van der Waals surface area contributed by atoms with E-state index in [-0.39, 0.29) is 31.1 Å². The number of unbranched alkanes of at least 4 members (excludes halogenated alkanes) is 37. The first-order valence-corrected chi connectivity index (χ1v) is 32.9. The minimum absolute atomic E-state index is 0.0831. The molecular formula is C70H124O6. The van der Waals surface area contributed by atoms with Crippen molar-refractivity contribution in [2.24, 2.45) is 0 Å². The van der Waals surface area contributed by atoms with Crippen LogP contribution in [0.1, 0.15) is 335 Å². The highest BCUT2D eigenvalue weighted by Crippen LogP contribution is 2.16. The monoisotopic (exact) mass is 1060 g/mol. The molecule has 0 spiro atoms. The summed E-state index contributed by atoms with van der Waals surface area (Å²) >= 11 is 0. The second-order valence-electron chi connectivity index (χ2n) is 22.0. The standard InChI is InChI=1S/C70H124O6/c1-4-7-10-13-16-19-22-25-28-31-34-35-37-39-42-45-48-51-54-57-60-63-69(72)75-66-67(65-74-68(71)62-59-56-53-50-47-44-41-38-33-30-27-24-21-18-15-12-9-6-3)76-70(73)64-61-58-55-52-49-46-43-40-36-32-29-26-23-20-17-14-11-8-5-2/h17,20-21,24,26,29-31,33-34,36,40,67H,4-16,18-19,22-23,25,27-28,32,35,37-39,41-66H2,1-3H3/b20-17-,24-21-,29-26-,33-30-,34-31-,40-36-. The number of esters is 3. The summed E-state index contributed by atoms with van der Waals surface area (Å²) < 4.78 is 17.0. The molecule has 0 aliphatic rings. The van der Waals surface area contributed by atoms with Crippen molar-refractivity contribution in [1.82, 2.24) is 0 Å². The molecule has 0 radical (unpaired) electrons. The van der Waals surface area contributed by atoms with Gasteiger partial charge in [-0.05, 0) is 116 Å². The van der Waals surface area contributed by atoms with E-state index in [1.54, 1.807) is 0 Å². The Hall–Kier alpha value is -3.15. The Kier molecular flexibility index (Phi) is 61.7. The molecule has 0 amide bonds. The molecule has 6 heteroatoms. The maximum atomic E-state index is 12.9. The Morgan fingerprint density at radius 1 is 0.263 bits per heavy atom. The fraction of sp³-hybridized carbons (Fsp3) is 0.786. The van der Waals surface area contributed by atoms with Crippen LogP contribution in [0.2, 0.25) is 0 Å². The van der Waals surface area contributed by atoms with Crippen molar-refractivity contribution in [3.8, 4) is 0 Å². The van der Waals surface area contributed by atoms with Gasteiger partial charge in [0.2, 0.25) is 0 Å². The van der Waals surface area contributed by atoms with Crippen LogP contribution in [-0.2, 0) is 28.6 Å². The zero-order chi connectivity index (χ0) is 55.0. The van der Waals surface area contributed by atoms with Gasteiger partial charge in [-0.25, -0.2) is 0 Å². The molecule has 0 saturated carbocycles.